The van der Waals surface area contributed by atoms with E-state index in [2.05, 4.69) is 0 Å². The standard InChI is InChI=1S/C15H26N2O4/c18-14-4-1-2-6-16(14)8-10-20-12-13-21-11-9-17-7-3-5-15(17)19/h1-13H2. The van der Waals surface area contributed by atoms with E-state index in [4.69, 9.17) is 9.47 Å². The Balaban J connectivity index is 1.40. The van der Waals surface area contributed by atoms with Crippen LogP contribution in [0.2, 0.25) is 0 Å². The fourth-order valence-corrected chi connectivity index (χ4v) is 2.71. The number of carbonyl (C=O) groups excluding carboxylic acids is 2. The van der Waals surface area contributed by atoms with Gasteiger partial charge >= 0.3 is 0 Å². The van der Waals surface area contributed by atoms with E-state index in [1.807, 2.05) is 9.80 Å². The summed E-state index contributed by atoms with van der Waals surface area (Å²) in [6, 6.07) is 0. The SMILES string of the molecule is O=C1CCCCN1CCOCCOCCN1CCCC1=O. The molecule has 0 aromatic rings. The summed E-state index contributed by atoms with van der Waals surface area (Å²) in [4.78, 5) is 26.7. The van der Waals surface area contributed by atoms with Crippen LogP contribution in [-0.2, 0) is 19.1 Å². The highest BCUT2D eigenvalue weighted by Gasteiger charge is 2.19. The molecule has 2 saturated heterocycles. The van der Waals surface area contributed by atoms with Crippen molar-refractivity contribution in [3.63, 3.8) is 0 Å². The van der Waals surface area contributed by atoms with Gasteiger partial charge in [0.1, 0.15) is 0 Å². The molecule has 21 heavy (non-hydrogen) atoms. The summed E-state index contributed by atoms with van der Waals surface area (Å²) in [5.74, 6) is 0.484. The molecule has 0 N–H and O–H groups in total. The third-order valence-electron chi connectivity index (χ3n) is 3.98. The molecule has 2 rings (SSSR count). The van der Waals surface area contributed by atoms with Gasteiger partial charge in [-0.05, 0) is 19.3 Å². The number of rotatable bonds is 9. The average molecular weight is 298 g/mol. The lowest BCUT2D eigenvalue weighted by Crippen LogP contribution is -2.37. The Morgan fingerprint density at radius 1 is 0.714 bits per heavy atom. The molecule has 2 aliphatic rings. The summed E-state index contributed by atoms with van der Waals surface area (Å²) in [6.45, 7) is 5.30. The van der Waals surface area contributed by atoms with E-state index < -0.39 is 0 Å². The molecular formula is C15H26N2O4. The van der Waals surface area contributed by atoms with E-state index in [0.717, 1.165) is 32.4 Å². The first-order chi connectivity index (χ1) is 10.3. The normalized spacial score (nSPS) is 19.6. The molecule has 0 aromatic carbocycles. The molecule has 0 saturated carbocycles. The Labute approximate surface area is 126 Å². The van der Waals surface area contributed by atoms with Crippen molar-refractivity contribution in [1.29, 1.82) is 0 Å². The first-order valence-corrected chi connectivity index (χ1v) is 7.98. The van der Waals surface area contributed by atoms with Crippen LogP contribution in [0.4, 0.5) is 0 Å². The maximum Gasteiger partial charge on any atom is 0.222 e. The molecule has 0 spiro atoms. The summed E-state index contributed by atoms with van der Waals surface area (Å²) in [7, 11) is 0. The largest absolute Gasteiger partial charge is 0.377 e. The number of likely N-dealkylation sites (tertiary alicyclic amines) is 2. The molecule has 0 aromatic heterocycles. The van der Waals surface area contributed by atoms with Crippen LogP contribution in [0, 0.1) is 0 Å². The Morgan fingerprint density at radius 2 is 1.24 bits per heavy atom. The van der Waals surface area contributed by atoms with E-state index in [1.54, 1.807) is 0 Å². The summed E-state index contributed by atoms with van der Waals surface area (Å²) >= 11 is 0. The number of nitrogens with zero attached hydrogens (tertiary/aromatic N) is 2. The molecule has 0 radical (unpaired) electrons. The zero-order chi connectivity index (χ0) is 14.9. The second-order valence-electron chi connectivity index (χ2n) is 5.55. The van der Waals surface area contributed by atoms with E-state index >= 15 is 0 Å². The predicted molar refractivity (Wildman–Crippen MR) is 77.9 cm³/mol. The lowest BCUT2D eigenvalue weighted by atomic mass is 10.1. The molecule has 2 amide bonds. The average Bonchev–Trinajstić information content (AvgIpc) is 2.89. The molecule has 0 atom stereocenters. The minimum atomic E-state index is 0.237. The number of ether oxygens (including phenoxy) is 2. The van der Waals surface area contributed by atoms with Gasteiger partial charge in [0.25, 0.3) is 0 Å². The van der Waals surface area contributed by atoms with Crippen molar-refractivity contribution in [3.05, 3.63) is 0 Å². The van der Waals surface area contributed by atoms with Crippen molar-refractivity contribution in [1.82, 2.24) is 9.80 Å². The van der Waals surface area contributed by atoms with Gasteiger partial charge in [-0.15, -0.1) is 0 Å². The first kappa shape index (κ1) is 16.2. The van der Waals surface area contributed by atoms with E-state index in [9.17, 15) is 9.59 Å². The summed E-state index contributed by atoms with van der Waals surface area (Å²) in [5, 5.41) is 0. The van der Waals surface area contributed by atoms with Crippen molar-refractivity contribution in [2.24, 2.45) is 0 Å². The van der Waals surface area contributed by atoms with Crippen molar-refractivity contribution in [3.8, 4) is 0 Å². The molecular weight excluding hydrogens is 272 g/mol. The molecule has 120 valence electrons. The summed E-state index contributed by atoms with van der Waals surface area (Å²) in [6.07, 6.45) is 4.45. The lowest BCUT2D eigenvalue weighted by Gasteiger charge is -2.26. The van der Waals surface area contributed by atoms with Gasteiger partial charge in [0.2, 0.25) is 11.8 Å². The third-order valence-corrected chi connectivity index (χ3v) is 3.98. The monoisotopic (exact) mass is 298 g/mol. The van der Waals surface area contributed by atoms with Crippen molar-refractivity contribution in [2.75, 3.05) is 52.6 Å². The van der Waals surface area contributed by atoms with Gasteiger partial charge in [-0.3, -0.25) is 9.59 Å². The fraction of sp³-hybridized carbons (Fsp3) is 0.867. The Morgan fingerprint density at radius 3 is 1.76 bits per heavy atom. The number of hydrogen-bond donors (Lipinski definition) is 0. The summed E-state index contributed by atoms with van der Waals surface area (Å²) in [5.41, 5.74) is 0. The fourth-order valence-electron chi connectivity index (χ4n) is 2.71. The maximum absolute atomic E-state index is 11.6. The van der Waals surface area contributed by atoms with Gasteiger partial charge in [0.05, 0.1) is 26.4 Å². The Bertz CT molecular complexity index is 349. The number of hydrogen-bond acceptors (Lipinski definition) is 4. The molecule has 6 heteroatoms. The maximum atomic E-state index is 11.6. The molecule has 0 aliphatic carbocycles. The Hall–Kier alpha value is -1.14. The van der Waals surface area contributed by atoms with E-state index in [1.165, 1.54) is 0 Å². The van der Waals surface area contributed by atoms with E-state index in [-0.39, 0.29) is 11.8 Å². The van der Waals surface area contributed by atoms with Crippen molar-refractivity contribution < 1.29 is 19.1 Å². The zero-order valence-electron chi connectivity index (χ0n) is 12.7. The highest BCUT2D eigenvalue weighted by atomic mass is 16.5. The highest BCUT2D eigenvalue weighted by Crippen LogP contribution is 2.10. The van der Waals surface area contributed by atoms with Gasteiger partial charge in [-0.1, -0.05) is 0 Å². The predicted octanol–water partition coefficient (Wildman–Crippen LogP) is 0.655. The van der Waals surface area contributed by atoms with Crippen molar-refractivity contribution in [2.45, 2.75) is 32.1 Å². The molecule has 6 nitrogen and oxygen atoms in total. The molecule has 0 unspecified atom stereocenters. The van der Waals surface area contributed by atoms with Gasteiger partial charge in [-0.25, -0.2) is 0 Å². The molecule has 0 bridgehead atoms. The van der Waals surface area contributed by atoms with Gasteiger partial charge < -0.3 is 19.3 Å². The molecule has 2 fully saturated rings. The molecule has 2 aliphatic heterocycles. The summed E-state index contributed by atoms with van der Waals surface area (Å²) < 4.78 is 10.9. The topological polar surface area (TPSA) is 59.1 Å². The zero-order valence-corrected chi connectivity index (χ0v) is 12.7. The highest BCUT2D eigenvalue weighted by molar-refractivity contribution is 5.78. The van der Waals surface area contributed by atoms with Crippen LogP contribution in [-0.4, -0.2) is 74.2 Å². The minimum absolute atomic E-state index is 0.237. The van der Waals surface area contributed by atoms with Gasteiger partial charge in [-0.2, -0.15) is 0 Å². The van der Waals surface area contributed by atoms with Gasteiger partial charge in [0.15, 0.2) is 0 Å². The Kier molecular flexibility index (Phi) is 6.95. The quantitative estimate of drug-likeness (QED) is 0.587. The van der Waals surface area contributed by atoms with Crippen LogP contribution in [0.1, 0.15) is 32.1 Å². The second kappa shape index (κ2) is 9.00. The smallest absolute Gasteiger partial charge is 0.222 e. The van der Waals surface area contributed by atoms with Crippen LogP contribution in [0.15, 0.2) is 0 Å². The van der Waals surface area contributed by atoms with Gasteiger partial charge in [0, 0.05) is 39.0 Å². The minimum Gasteiger partial charge on any atom is -0.377 e. The van der Waals surface area contributed by atoms with Crippen LogP contribution in [0.5, 0.6) is 0 Å². The number of amides is 2. The molecule has 2 heterocycles. The second-order valence-corrected chi connectivity index (χ2v) is 5.55. The van der Waals surface area contributed by atoms with Crippen molar-refractivity contribution >= 4 is 11.8 Å². The number of carbonyl (C=O) groups is 2. The third kappa shape index (κ3) is 5.63. The van der Waals surface area contributed by atoms with Crippen LogP contribution in [0.3, 0.4) is 0 Å². The van der Waals surface area contributed by atoms with Crippen LogP contribution >= 0.6 is 0 Å². The van der Waals surface area contributed by atoms with Crippen LogP contribution < -0.4 is 0 Å². The first-order valence-electron chi connectivity index (χ1n) is 7.98. The van der Waals surface area contributed by atoms with Crippen LogP contribution in [0.25, 0.3) is 0 Å². The number of piperidine rings is 1. The lowest BCUT2D eigenvalue weighted by molar-refractivity contribution is -0.134. The van der Waals surface area contributed by atoms with E-state index in [0.29, 0.717) is 52.4 Å².